The van der Waals surface area contributed by atoms with Gasteiger partial charge in [0.15, 0.2) is 0 Å². The lowest BCUT2D eigenvalue weighted by Crippen LogP contribution is -2.46. The van der Waals surface area contributed by atoms with Gasteiger partial charge in [-0.25, -0.2) is 4.98 Å². The quantitative estimate of drug-likeness (QED) is 0.511. The Labute approximate surface area is 219 Å². The van der Waals surface area contributed by atoms with Crippen LogP contribution in [-0.2, 0) is 4.74 Å². The molecule has 2 fully saturated rings. The molecule has 3 aliphatic rings. The molecule has 8 nitrogen and oxygen atoms in total. The number of hydrogen-bond acceptors (Lipinski definition) is 7. The zero-order valence-corrected chi connectivity index (χ0v) is 21.3. The SMILES string of the molecule is CN1CN(c2c(Cl)cccc2Cl)C(=O)c2cnc(Nc3ccc(N4CC5COCC(C5)C4)cc3)nc21. The average Bonchev–Trinajstić information content (AvgIpc) is 2.87. The van der Waals surface area contributed by atoms with Crippen molar-refractivity contribution in [1.29, 1.82) is 0 Å². The van der Waals surface area contributed by atoms with Crippen molar-refractivity contribution in [2.24, 2.45) is 11.8 Å². The van der Waals surface area contributed by atoms with Gasteiger partial charge in [0.25, 0.3) is 5.91 Å². The summed E-state index contributed by atoms with van der Waals surface area (Å²) >= 11 is 12.7. The van der Waals surface area contributed by atoms with Crippen LogP contribution in [0.2, 0.25) is 10.0 Å². The molecule has 2 saturated heterocycles. The number of hydrogen-bond donors (Lipinski definition) is 1. The largest absolute Gasteiger partial charge is 0.381 e. The minimum absolute atomic E-state index is 0.245. The Hall–Kier alpha value is -3.07. The van der Waals surface area contributed by atoms with Crippen LogP contribution < -0.4 is 20.0 Å². The fraction of sp³-hybridized carbons (Fsp3) is 0.346. The lowest BCUT2D eigenvalue weighted by atomic mass is 9.88. The highest BCUT2D eigenvalue weighted by atomic mass is 35.5. The molecule has 2 atom stereocenters. The van der Waals surface area contributed by atoms with Crippen LogP contribution in [-0.4, -0.2) is 55.9 Å². The summed E-state index contributed by atoms with van der Waals surface area (Å²) in [6, 6.07) is 13.5. The fourth-order valence-electron chi connectivity index (χ4n) is 5.34. The number of ether oxygens (including phenoxy) is 1. The van der Waals surface area contributed by atoms with Gasteiger partial charge in [-0.2, -0.15) is 4.98 Å². The number of nitrogens with zero attached hydrogens (tertiary/aromatic N) is 5. The molecule has 2 unspecified atom stereocenters. The summed E-state index contributed by atoms with van der Waals surface area (Å²) in [5.41, 5.74) is 2.97. The number of carbonyl (C=O) groups is 1. The number of benzene rings is 2. The Bertz CT molecular complexity index is 1270. The van der Waals surface area contributed by atoms with Gasteiger partial charge in [0.05, 0.1) is 35.6 Å². The number of piperidine rings is 1. The van der Waals surface area contributed by atoms with Gasteiger partial charge < -0.3 is 19.9 Å². The molecule has 0 spiro atoms. The molecule has 2 aromatic carbocycles. The first-order valence-electron chi connectivity index (χ1n) is 12.0. The summed E-state index contributed by atoms with van der Waals surface area (Å²) in [5.74, 6) is 1.96. The maximum Gasteiger partial charge on any atom is 0.265 e. The summed E-state index contributed by atoms with van der Waals surface area (Å²) in [6.07, 6.45) is 2.81. The number of anilines is 5. The molecule has 3 aromatic rings. The molecule has 0 aliphatic carbocycles. The van der Waals surface area contributed by atoms with Crippen LogP contribution in [0.15, 0.2) is 48.7 Å². The third-order valence-corrected chi connectivity index (χ3v) is 7.60. The zero-order chi connectivity index (χ0) is 24.8. The number of aromatic nitrogens is 2. The van der Waals surface area contributed by atoms with E-state index in [0.29, 0.717) is 44.9 Å². The maximum absolute atomic E-state index is 13.3. The smallest absolute Gasteiger partial charge is 0.265 e. The lowest BCUT2D eigenvalue weighted by Gasteiger charge is -2.42. The number of para-hydroxylation sites is 1. The summed E-state index contributed by atoms with van der Waals surface area (Å²) < 4.78 is 5.71. The minimum atomic E-state index is -0.245. The predicted molar refractivity (Wildman–Crippen MR) is 143 cm³/mol. The molecule has 0 radical (unpaired) electrons. The van der Waals surface area contributed by atoms with Crippen molar-refractivity contribution >= 4 is 57.9 Å². The molecule has 10 heteroatoms. The van der Waals surface area contributed by atoms with Crippen LogP contribution in [0.1, 0.15) is 16.8 Å². The summed E-state index contributed by atoms with van der Waals surface area (Å²) in [4.78, 5) is 28.2. The minimum Gasteiger partial charge on any atom is -0.381 e. The van der Waals surface area contributed by atoms with E-state index < -0.39 is 0 Å². The van der Waals surface area contributed by atoms with E-state index in [4.69, 9.17) is 27.9 Å². The van der Waals surface area contributed by atoms with E-state index in [9.17, 15) is 4.79 Å². The van der Waals surface area contributed by atoms with Crippen molar-refractivity contribution in [2.45, 2.75) is 6.42 Å². The highest BCUT2D eigenvalue weighted by Gasteiger charge is 2.33. The Morgan fingerprint density at radius 2 is 1.72 bits per heavy atom. The number of halogens is 2. The second-order valence-electron chi connectivity index (χ2n) is 9.66. The highest BCUT2D eigenvalue weighted by Crippen LogP contribution is 2.38. The molecular weight excluding hydrogens is 499 g/mol. The van der Waals surface area contributed by atoms with Gasteiger partial charge in [-0.15, -0.1) is 0 Å². The molecule has 1 amide bonds. The summed E-state index contributed by atoms with van der Waals surface area (Å²) in [5, 5.41) is 4.09. The zero-order valence-electron chi connectivity index (χ0n) is 19.8. The van der Waals surface area contributed by atoms with Crippen LogP contribution in [0.25, 0.3) is 0 Å². The van der Waals surface area contributed by atoms with Gasteiger partial charge in [-0.3, -0.25) is 9.69 Å². The fourth-order valence-corrected chi connectivity index (χ4v) is 5.94. The van der Waals surface area contributed by atoms with E-state index in [1.807, 2.05) is 24.1 Å². The number of amides is 1. The third-order valence-electron chi connectivity index (χ3n) is 6.99. The van der Waals surface area contributed by atoms with Gasteiger partial charge in [0.2, 0.25) is 5.95 Å². The van der Waals surface area contributed by atoms with Gasteiger partial charge >= 0.3 is 0 Å². The first-order chi connectivity index (χ1) is 17.5. The van der Waals surface area contributed by atoms with E-state index >= 15 is 0 Å². The molecule has 186 valence electrons. The van der Waals surface area contributed by atoms with Gasteiger partial charge in [0, 0.05) is 49.5 Å². The van der Waals surface area contributed by atoms with E-state index in [1.54, 1.807) is 29.3 Å². The molecule has 2 bridgehead atoms. The normalized spacial score (nSPS) is 21.4. The van der Waals surface area contributed by atoms with Crippen molar-refractivity contribution in [3.63, 3.8) is 0 Å². The van der Waals surface area contributed by atoms with Gasteiger partial charge in [-0.1, -0.05) is 29.3 Å². The first-order valence-corrected chi connectivity index (χ1v) is 12.8. The highest BCUT2D eigenvalue weighted by molar-refractivity contribution is 6.40. The predicted octanol–water partition coefficient (Wildman–Crippen LogP) is 5.05. The van der Waals surface area contributed by atoms with Gasteiger partial charge in [0.1, 0.15) is 11.4 Å². The molecule has 0 saturated carbocycles. The standard InChI is InChI=1S/C26H26Cl2N6O2/c1-32-15-34(23-21(27)3-2-4-22(23)28)25(35)20-10-29-26(31-24(20)32)30-18-5-7-19(8-6-18)33-11-16-9-17(12-33)14-36-13-16/h2-8,10,16-17H,9,11-15H2,1H3,(H,29,30,31). The second-order valence-corrected chi connectivity index (χ2v) is 10.5. The van der Waals surface area contributed by atoms with Crippen LogP contribution >= 0.6 is 23.2 Å². The van der Waals surface area contributed by atoms with Crippen molar-refractivity contribution in [3.05, 3.63) is 64.3 Å². The molecule has 36 heavy (non-hydrogen) atoms. The first kappa shape index (κ1) is 23.3. The molecular formula is C26H26Cl2N6O2. The van der Waals surface area contributed by atoms with Crippen LogP contribution in [0.3, 0.4) is 0 Å². The van der Waals surface area contributed by atoms with Crippen molar-refractivity contribution < 1.29 is 9.53 Å². The Morgan fingerprint density at radius 1 is 1.03 bits per heavy atom. The number of nitrogens with one attached hydrogen (secondary N) is 1. The number of carbonyl (C=O) groups excluding carboxylic acids is 1. The van der Waals surface area contributed by atoms with Crippen molar-refractivity contribution in [3.8, 4) is 0 Å². The van der Waals surface area contributed by atoms with Crippen LogP contribution in [0, 0.1) is 11.8 Å². The van der Waals surface area contributed by atoms with E-state index in [-0.39, 0.29) is 12.6 Å². The maximum atomic E-state index is 13.3. The number of fused-ring (bicyclic) bond motifs is 3. The Balaban J connectivity index is 1.19. The average molecular weight is 525 g/mol. The summed E-state index contributed by atoms with van der Waals surface area (Å²) in [7, 11) is 1.87. The Kier molecular flexibility index (Phi) is 6.11. The topological polar surface area (TPSA) is 73.8 Å². The number of rotatable bonds is 4. The van der Waals surface area contributed by atoms with Crippen molar-refractivity contribution in [2.75, 3.05) is 60.0 Å². The van der Waals surface area contributed by atoms with Gasteiger partial charge in [-0.05, 0) is 42.8 Å². The Morgan fingerprint density at radius 3 is 2.42 bits per heavy atom. The van der Waals surface area contributed by atoms with Crippen LogP contribution in [0.5, 0.6) is 0 Å². The summed E-state index contributed by atoms with van der Waals surface area (Å²) in [6.45, 7) is 4.07. The molecule has 1 N–H and O–H groups in total. The van der Waals surface area contributed by atoms with E-state index in [2.05, 4.69) is 32.3 Å². The molecule has 4 heterocycles. The van der Waals surface area contributed by atoms with Crippen LogP contribution in [0.4, 0.5) is 28.8 Å². The molecule has 1 aromatic heterocycles. The molecule has 3 aliphatic heterocycles. The monoisotopic (exact) mass is 524 g/mol. The van der Waals surface area contributed by atoms with Crippen molar-refractivity contribution in [1.82, 2.24) is 9.97 Å². The third kappa shape index (κ3) is 4.34. The van der Waals surface area contributed by atoms with E-state index in [1.165, 1.54) is 12.1 Å². The second kappa shape index (κ2) is 9.42. The molecule has 6 rings (SSSR count). The van der Waals surface area contributed by atoms with E-state index in [0.717, 1.165) is 32.0 Å². The lowest BCUT2D eigenvalue weighted by molar-refractivity contribution is 0.00624.